The van der Waals surface area contributed by atoms with E-state index in [0.717, 1.165) is 6.07 Å². The maximum Gasteiger partial charge on any atom is 0.418 e. The van der Waals surface area contributed by atoms with Crippen LogP contribution in [0.1, 0.15) is 19.4 Å². The van der Waals surface area contributed by atoms with Gasteiger partial charge in [-0.15, -0.1) is 0 Å². The van der Waals surface area contributed by atoms with Crippen molar-refractivity contribution in [2.24, 2.45) is 0 Å². The zero-order valence-electron chi connectivity index (χ0n) is 10.6. The van der Waals surface area contributed by atoms with Gasteiger partial charge in [-0.2, -0.15) is 13.2 Å². The van der Waals surface area contributed by atoms with Crippen molar-refractivity contribution in [3.05, 3.63) is 23.8 Å². The van der Waals surface area contributed by atoms with Gasteiger partial charge >= 0.3 is 6.18 Å². The highest BCUT2D eigenvalue weighted by molar-refractivity contribution is 5.59. The summed E-state index contributed by atoms with van der Waals surface area (Å²) in [6.07, 6.45) is -4.44. The van der Waals surface area contributed by atoms with Crippen LogP contribution >= 0.6 is 0 Å². The van der Waals surface area contributed by atoms with E-state index in [1.165, 1.54) is 19.2 Å². The standard InChI is InChI=1S/C12H17F3N2O/c1-11(2,18-3)7-17-10-5-4-8(16)6-9(10)12(13,14)15/h4-6,17H,7,16H2,1-3H3. The van der Waals surface area contributed by atoms with E-state index < -0.39 is 17.3 Å². The second-order valence-electron chi connectivity index (χ2n) is 4.62. The van der Waals surface area contributed by atoms with E-state index in [2.05, 4.69) is 5.32 Å². The van der Waals surface area contributed by atoms with Gasteiger partial charge in [0.2, 0.25) is 0 Å². The summed E-state index contributed by atoms with van der Waals surface area (Å²) >= 11 is 0. The van der Waals surface area contributed by atoms with Crippen LogP contribution in [-0.4, -0.2) is 19.3 Å². The van der Waals surface area contributed by atoms with E-state index in [-0.39, 0.29) is 17.9 Å². The van der Waals surface area contributed by atoms with Crippen molar-refractivity contribution in [1.82, 2.24) is 0 Å². The summed E-state index contributed by atoms with van der Waals surface area (Å²) in [5, 5.41) is 2.74. The smallest absolute Gasteiger partial charge is 0.399 e. The van der Waals surface area contributed by atoms with Gasteiger partial charge in [0.05, 0.1) is 11.2 Å². The first-order valence-electron chi connectivity index (χ1n) is 5.41. The molecule has 0 fully saturated rings. The van der Waals surface area contributed by atoms with Crippen molar-refractivity contribution in [3.8, 4) is 0 Å². The lowest BCUT2D eigenvalue weighted by Gasteiger charge is -2.25. The first-order valence-corrected chi connectivity index (χ1v) is 5.41. The third-order valence-corrected chi connectivity index (χ3v) is 2.61. The molecule has 0 aliphatic rings. The molecular formula is C12H17F3N2O. The molecule has 0 saturated heterocycles. The summed E-state index contributed by atoms with van der Waals surface area (Å²) < 4.78 is 43.6. The number of nitrogens with two attached hydrogens (primary N) is 1. The molecule has 0 saturated carbocycles. The molecule has 0 unspecified atom stereocenters. The van der Waals surface area contributed by atoms with Crippen LogP contribution < -0.4 is 11.1 Å². The van der Waals surface area contributed by atoms with E-state index in [1.807, 2.05) is 0 Å². The summed E-state index contributed by atoms with van der Waals surface area (Å²) in [6.45, 7) is 3.83. The van der Waals surface area contributed by atoms with Gasteiger partial charge in [0.25, 0.3) is 0 Å². The van der Waals surface area contributed by atoms with Crippen LogP contribution in [0, 0.1) is 0 Å². The fraction of sp³-hybridized carbons (Fsp3) is 0.500. The maximum absolute atomic E-state index is 12.8. The van der Waals surface area contributed by atoms with Crippen molar-refractivity contribution >= 4 is 11.4 Å². The van der Waals surface area contributed by atoms with Crippen molar-refractivity contribution in [2.75, 3.05) is 24.7 Å². The van der Waals surface area contributed by atoms with Crippen molar-refractivity contribution in [1.29, 1.82) is 0 Å². The zero-order chi connectivity index (χ0) is 14.0. The molecule has 6 heteroatoms. The van der Waals surface area contributed by atoms with Crippen molar-refractivity contribution in [2.45, 2.75) is 25.6 Å². The Labute approximate surface area is 104 Å². The monoisotopic (exact) mass is 262 g/mol. The summed E-state index contributed by atoms with van der Waals surface area (Å²) in [5.41, 5.74) is 4.14. The first-order chi connectivity index (χ1) is 8.15. The highest BCUT2D eigenvalue weighted by atomic mass is 19.4. The van der Waals surface area contributed by atoms with Crippen LogP contribution in [0.25, 0.3) is 0 Å². The first kappa shape index (κ1) is 14.6. The third kappa shape index (κ3) is 3.80. The lowest BCUT2D eigenvalue weighted by Crippen LogP contribution is -2.32. The van der Waals surface area contributed by atoms with Crippen molar-refractivity contribution < 1.29 is 17.9 Å². The molecule has 0 aliphatic carbocycles. The van der Waals surface area contributed by atoms with Gasteiger partial charge in [0.15, 0.2) is 0 Å². The normalized spacial score (nSPS) is 12.6. The Morgan fingerprint density at radius 1 is 1.28 bits per heavy atom. The Bertz CT molecular complexity index is 416. The molecule has 0 spiro atoms. The SMILES string of the molecule is COC(C)(C)CNc1ccc(N)cc1C(F)(F)F. The number of ether oxygens (including phenoxy) is 1. The number of methoxy groups -OCH3 is 1. The average Bonchev–Trinajstić information content (AvgIpc) is 2.26. The highest BCUT2D eigenvalue weighted by Crippen LogP contribution is 2.36. The summed E-state index contributed by atoms with van der Waals surface area (Å²) in [6, 6.07) is 3.67. The predicted molar refractivity (Wildman–Crippen MR) is 65.4 cm³/mol. The van der Waals surface area contributed by atoms with Crippen LogP contribution in [0.15, 0.2) is 18.2 Å². The maximum atomic E-state index is 12.8. The number of rotatable bonds is 4. The third-order valence-electron chi connectivity index (χ3n) is 2.61. The van der Waals surface area contributed by atoms with Gasteiger partial charge in [-0.1, -0.05) is 0 Å². The predicted octanol–water partition coefficient (Wildman–Crippen LogP) is 3.12. The Kier molecular flexibility index (Phi) is 4.11. The molecule has 0 bridgehead atoms. The van der Waals surface area contributed by atoms with Gasteiger partial charge in [0, 0.05) is 25.0 Å². The molecule has 0 amide bonds. The van der Waals surface area contributed by atoms with Gasteiger partial charge in [-0.05, 0) is 32.0 Å². The number of hydrogen-bond acceptors (Lipinski definition) is 3. The number of halogens is 3. The minimum Gasteiger partial charge on any atom is -0.399 e. The van der Waals surface area contributed by atoms with Crippen LogP contribution in [0.4, 0.5) is 24.5 Å². The molecular weight excluding hydrogens is 245 g/mol. The molecule has 3 N–H and O–H groups in total. The number of nitrogens with one attached hydrogen (secondary N) is 1. The van der Waals surface area contributed by atoms with E-state index in [1.54, 1.807) is 13.8 Å². The van der Waals surface area contributed by atoms with Crippen LogP contribution in [0.3, 0.4) is 0 Å². The molecule has 0 radical (unpaired) electrons. The van der Waals surface area contributed by atoms with E-state index in [9.17, 15) is 13.2 Å². The topological polar surface area (TPSA) is 47.3 Å². The largest absolute Gasteiger partial charge is 0.418 e. The molecule has 102 valence electrons. The fourth-order valence-electron chi connectivity index (χ4n) is 1.33. The second-order valence-corrected chi connectivity index (χ2v) is 4.62. The molecule has 1 aromatic carbocycles. The quantitative estimate of drug-likeness (QED) is 0.819. The number of anilines is 2. The minimum absolute atomic E-state index is 0.00169. The van der Waals surface area contributed by atoms with E-state index in [4.69, 9.17) is 10.5 Å². The highest BCUT2D eigenvalue weighted by Gasteiger charge is 2.34. The number of nitrogen functional groups attached to an aromatic ring is 1. The second kappa shape index (κ2) is 5.06. The molecule has 1 rings (SSSR count). The average molecular weight is 262 g/mol. The fourth-order valence-corrected chi connectivity index (χ4v) is 1.33. The minimum atomic E-state index is -4.44. The lowest BCUT2D eigenvalue weighted by molar-refractivity contribution is -0.136. The zero-order valence-corrected chi connectivity index (χ0v) is 10.6. The molecule has 0 heterocycles. The van der Waals surface area contributed by atoms with E-state index in [0.29, 0.717) is 0 Å². The molecule has 1 aromatic rings. The molecule has 0 atom stereocenters. The summed E-state index contributed by atoms with van der Waals surface area (Å²) in [7, 11) is 1.51. The molecule has 3 nitrogen and oxygen atoms in total. The number of benzene rings is 1. The Hall–Kier alpha value is -1.43. The van der Waals surface area contributed by atoms with Gasteiger partial charge in [-0.3, -0.25) is 0 Å². The van der Waals surface area contributed by atoms with Crippen LogP contribution in [0.5, 0.6) is 0 Å². The Morgan fingerprint density at radius 2 is 1.89 bits per heavy atom. The molecule has 18 heavy (non-hydrogen) atoms. The van der Waals surface area contributed by atoms with Crippen LogP contribution in [0.2, 0.25) is 0 Å². The lowest BCUT2D eigenvalue weighted by atomic mass is 10.1. The molecule has 0 aliphatic heterocycles. The summed E-state index contributed by atoms with van der Waals surface area (Å²) in [5.74, 6) is 0. The molecule has 0 aromatic heterocycles. The van der Waals surface area contributed by atoms with E-state index >= 15 is 0 Å². The van der Waals surface area contributed by atoms with Gasteiger partial charge in [-0.25, -0.2) is 0 Å². The van der Waals surface area contributed by atoms with Crippen LogP contribution in [-0.2, 0) is 10.9 Å². The van der Waals surface area contributed by atoms with Crippen molar-refractivity contribution in [3.63, 3.8) is 0 Å². The Balaban J connectivity index is 2.96. The summed E-state index contributed by atoms with van der Waals surface area (Å²) in [4.78, 5) is 0. The Morgan fingerprint density at radius 3 is 2.39 bits per heavy atom. The number of hydrogen-bond donors (Lipinski definition) is 2. The van der Waals surface area contributed by atoms with Gasteiger partial charge < -0.3 is 15.8 Å². The number of alkyl halides is 3. The van der Waals surface area contributed by atoms with Gasteiger partial charge in [0.1, 0.15) is 0 Å².